The van der Waals surface area contributed by atoms with Crippen LogP contribution in [0.15, 0.2) is 18.2 Å². The Morgan fingerprint density at radius 3 is 2.53 bits per heavy atom. The van der Waals surface area contributed by atoms with Crippen LogP contribution in [-0.2, 0) is 6.18 Å². The molecule has 0 saturated carbocycles. The van der Waals surface area contributed by atoms with Gasteiger partial charge in [0.15, 0.2) is 0 Å². The Kier molecular flexibility index (Phi) is 4.34. The second-order valence-electron chi connectivity index (χ2n) is 3.42. The predicted molar refractivity (Wildman–Crippen MR) is 63.1 cm³/mol. The topological polar surface area (TPSA) is 35.2 Å². The number of halogens is 3. The van der Waals surface area contributed by atoms with E-state index in [4.69, 9.17) is 10.5 Å². The number of alkyl halides is 3. The molecule has 0 aliphatic rings. The molecule has 0 aliphatic carbocycles. The lowest BCUT2D eigenvalue weighted by Gasteiger charge is -2.13. The summed E-state index contributed by atoms with van der Waals surface area (Å²) in [5, 5.41) is 0. The van der Waals surface area contributed by atoms with Crippen LogP contribution in [0, 0.1) is 0 Å². The molecular weight excluding hydrogens is 251 g/mol. The Balaban J connectivity index is 3.13. The second kappa shape index (κ2) is 5.35. The summed E-state index contributed by atoms with van der Waals surface area (Å²) in [6.07, 6.45) is -3.70. The summed E-state index contributed by atoms with van der Waals surface area (Å²) in [6.45, 7) is 2.33. The summed E-state index contributed by atoms with van der Waals surface area (Å²) >= 11 is 4.61. The van der Waals surface area contributed by atoms with Gasteiger partial charge in [0.1, 0.15) is 10.7 Å². The van der Waals surface area contributed by atoms with Gasteiger partial charge in [-0.05, 0) is 24.6 Å². The molecule has 0 spiro atoms. The van der Waals surface area contributed by atoms with Gasteiger partial charge in [-0.25, -0.2) is 0 Å². The number of rotatable bonds is 4. The fourth-order valence-corrected chi connectivity index (χ4v) is 1.45. The zero-order valence-corrected chi connectivity index (χ0v) is 9.99. The summed E-state index contributed by atoms with van der Waals surface area (Å²) in [5.41, 5.74) is 4.24. The lowest BCUT2D eigenvalue weighted by molar-refractivity contribution is -0.137. The monoisotopic (exact) mass is 263 g/mol. The van der Waals surface area contributed by atoms with Gasteiger partial charge in [-0.2, -0.15) is 13.2 Å². The van der Waals surface area contributed by atoms with Crippen molar-refractivity contribution in [3.05, 3.63) is 29.3 Å². The van der Waals surface area contributed by atoms with Gasteiger partial charge in [-0.3, -0.25) is 0 Å². The first-order chi connectivity index (χ1) is 7.86. The number of hydrogen-bond acceptors (Lipinski definition) is 2. The number of ether oxygens (including phenoxy) is 1. The SMILES string of the molecule is CCCOc1ccc(C(F)(F)F)c(C(N)=S)c1. The van der Waals surface area contributed by atoms with E-state index in [1.165, 1.54) is 12.1 Å². The first-order valence-corrected chi connectivity index (χ1v) is 5.41. The molecule has 0 aromatic heterocycles. The average Bonchev–Trinajstić information content (AvgIpc) is 2.24. The van der Waals surface area contributed by atoms with E-state index in [-0.39, 0.29) is 10.6 Å². The van der Waals surface area contributed by atoms with Crippen LogP contribution in [-0.4, -0.2) is 11.6 Å². The van der Waals surface area contributed by atoms with E-state index in [1.54, 1.807) is 0 Å². The maximum absolute atomic E-state index is 12.6. The van der Waals surface area contributed by atoms with Gasteiger partial charge in [0, 0.05) is 5.56 Å². The number of nitrogens with two attached hydrogens (primary N) is 1. The average molecular weight is 263 g/mol. The van der Waals surface area contributed by atoms with Crippen LogP contribution in [0.1, 0.15) is 24.5 Å². The maximum atomic E-state index is 12.6. The lowest BCUT2D eigenvalue weighted by atomic mass is 10.1. The van der Waals surface area contributed by atoms with Crippen molar-refractivity contribution in [2.24, 2.45) is 5.73 Å². The van der Waals surface area contributed by atoms with Crippen molar-refractivity contribution >= 4 is 17.2 Å². The van der Waals surface area contributed by atoms with Gasteiger partial charge < -0.3 is 10.5 Å². The zero-order chi connectivity index (χ0) is 13.1. The minimum atomic E-state index is -4.47. The molecule has 1 aromatic carbocycles. The molecule has 2 N–H and O–H groups in total. The Labute approximate surface area is 103 Å². The van der Waals surface area contributed by atoms with Crippen LogP contribution in [0.25, 0.3) is 0 Å². The Hall–Kier alpha value is -1.30. The molecule has 0 radical (unpaired) electrons. The van der Waals surface area contributed by atoms with E-state index < -0.39 is 11.7 Å². The highest BCUT2D eigenvalue weighted by Gasteiger charge is 2.34. The molecule has 0 amide bonds. The number of thiocarbonyl (C=S) groups is 1. The molecule has 0 heterocycles. The highest BCUT2D eigenvalue weighted by Crippen LogP contribution is 2.33. The third kappa shape index (κ3) is 3.59. The van der Waals surface area contributed by atoms with Crippen LogP contribution in [0.4, 0.5) is 13.2 Å². The van der Waals surface area contributed by atoms with E-state index in [1.807, 2.05) is 6.92 Å². The van der Waals surface area contributed by atoms with E-state index in [2.05, 4.69) is 12.2 Å². The first kappa shape index (κ1) is 13.8. The summed E-state index contributed by atoms with van der Waals surface area (Å²) in [6, 6.07) is 3.42. The zero-order valence-electron chi connectivity index (χ0n) is 9.17. The third-order valence-corrected chi connectivity index (χ3v) is 2.25. The Morgan fingerprint density at radius 1 is 1.41 bits per heavy atom. The van der Waals surface area contributed by atoms with Crippen LogP contribution in [0.3, 0.4) is 0 Å². The number of hydrogen-bond donors (Lipinski definition) is 1. The van der Waals surface area contributed by atoms with Crippen LogP contribution < -0.4 is 10.5 Å². The molecule has 94 valence electrons. The van der Waals surface area contributed by atoms with E-state index in [9.17, 15) is 13.2 Å². The molecule has 0 unspecified atom stereocenters. The highest BCUT2D eigenvalue weighted by molar-refractivity contribution is 7.80. The minimum Gasteiger partial charge on any atom is -0.494 e. The fraction of sp³-hybridized carbons (Fsp3) is 0.364. The van der Waals surface area contributed by atoms with Crippen molar-refractivity contribution in [1.82, 2.24) is 0 Å². The van der Waals surface area contributed by atoms with Gasteiger partial charge in [0.05, 0.1) is 12.2 Å². The summed E-state index contributed by atoms with van der Waals surface area (Å²) in [4.78, 5) is -0.292. The summed E-state index contributed by atoms with van der Waals surface area (Å²) in [7, 11) is 0. The van der Waals surface area contributed by atoms with Crippen molar-refractivity contribution in [1.29, 1.82) is 0 Å². The quantitative estimate of drug-likeness (QED) is 0.848. The molecule has 1 aromatic rings. The highest BCUT2D eigenvalue weighted by atomic mass is 32.1. The van der Waals surface area contributed by atoms with Gasteiger partial charge in [0.2, 0.25) is 0 Å². The van der Waals surface area contributed by atoms with Crippen LogP contribution in [0.5, 0.6) is 5.75 Å². The normalized spacial score (nSPS) is 11.3. The van der Waals surface area contributed by atoms with Gasteiger partial charge in [0.25, 0.3) is 0 Å². The van der Waals surface area contributed by atoms with Crippen molar-refractivity contribution in [3.63, 3.8) is 0 Å². The molecule has 0 atom stereocenters. The molecule has 6 heteroatoms. The summed E-state index contributed by atoms with van der Waals surface area (Å²) in [5.74, 6) is 0.336. The van der Waals surface area contributed by atoms with Crippen LogP contribution in [0.2, 0.25) is 0 Å². The lowest BCUT2D eigenvalue weighted by Crippen LogP contribution is -2.18. The largest absolute Gasteiger partial charge is 0.494 e. The third-order valence-electron chi connectivity index (χ3n) is 2.03. The first-order valence-electron chi connectivity index (χ1n) is 5.00. The molecule has 17 heavy (non-hydrogen) atoms. The van der Waals surface area contributed by atoms with Gasteiger partial charge in [-0.15, -0.1) is 0 Å². The molecule has 0 bridgehead atoms. The number of benzene rings is 1. The van der Waals surface area contributed by atoms with Gasteiger partial charge in [-0.1, -0.05) is 19.1 Å². The van der Waals surface area contributed by atoms with Crippen LogP contribution >= 0.6 is 12.2 Å². The van der Waals surface area contributed by atoms with Gasteiger partial charge >= 0.3 is 6.18 Å². The van der Waals surface area contributed by atoms with E-state index in [0.29, 0.717) is 12.4 Å². The predicted octanol–water partition coefficient (Wildman–Crippen LogP) is 3.13. The molecule has 0 aliphatic heterocycles. The Morgan fingerprint density at radius 2 is 2.06 bits per heavy atom. The molecule has 2 nitrogen and oxygen atoms in total. The van der Waals surface area contributed by atoms with Crippen molar-refractivity contribution in [2.45, 2.75) is 19.5 Å². The molecule has 0 fully saturated rings. The maximum Gasteiger partial charge on any atom is 0.417 e. The smallest absolute Gasteiger partial charge is 0.417 e. The molecule has 1 rings (SSSR count). The minimum absolute atomic E-state index is 0.207. The van der Waals surface area contributed by atoms with Crippen molar-refractivity contribution in [2.75, 3.05) is 6.61 Å². The molecular formula is C11H12F3NOS. The van der Waals surface area contributed by atoms with E-state index >= 15 is 0 Å². The van der Waals surface area contributed by atoms with Crippen molar-refractivity contribution in [3.8, 4) is 5.75 Å². The second-order valence-corrected chi connectivity index (χ2v) is 3.86. The summed E-state index contributed by atoms with van der Waals surface area (Å²) < 4.78 is 43.1. The van der Waals surface area contributed by atoms with Crippen molar-refractivity contribution < 1.29 is 17.9 Å². The Bertz CT molecular complexity index is 418. The fourth-order valence-electron chi connectivity index (χ4n) is 1.28. The standard InChI is InChI=1S/C11H12F3NOS/c1-2-5-16-7-3-4-9(11(12,13)14)8(6-7)10(15)17/h3-4,6H,2,5H2,1H3,(H2,15,17). The van der Waals surface area contributed by atoms with E-state index in [0.717, 1.165) is 12.5 Å². The molecule has 0 saturated heterocycles.